The molecule has 0 saturated heterocycles. The summed E-state index contributed by atoms with van der Waals surface area (Å²) in [5.74, 6) is -1.12. The van der Waals surface area contributed by atoms with Crippen molar-refractivity contribution in [1.29, 1.82) is 0 Å². The Morgan fingerprint density at radius 1 is 1.40 bits per heavy atom. The van der Waals surface area contributed by atoms with Crippen LogP contribution < -0.4 is 5.32 Å². The fraction of sp³-hybridized carbons (Fsp3) is 0.0909. The lowest BCUT2D eigenvalue weighted by molar-refractivity contribution is -0.118. The van der Waals surface area contributed by atoms with Gasteiger partial charge in [-0.05, 0) is 23.8 Å². The smallest absolute Gasteiger partial charge is 0.221 e. The van der Waals surface area contributed by atoms with Crippen LogP contribution in [0.1, 0.15) is 22.8 Å². The SMILES string of the molecule is CC(=O)NC1=Cc2ccc(F)cc2C1=O. The van der Waals surface area contributed by atoms with Gasteiger partial charge in [0.1, 0.15) is 5.82 Å². The van der Waals surface area contributed by atoms with Crippen LogP contribution in [-0.4, -0.2) is 11.7 Å². The van der Waals surface area contributed by atoms with Gasteiger partial charge in [-0.1, -0.05) is 6.07 Å². The van der Waals surface area contributed by atoms with Crippen molar-refractivity contribution in [2.24, 2.45) is 0 Å². The lowest BCUT2D eigenvalue weighted by atomic mass is 10.1. The number of amides is 1. The first-order chi connectivity index (χ1) is 7.08. The molecule has 0 aliphatic heterocycles. The van der Waals surface area contributed by atoms with Crippen LogP contribution >= 0.6 is 0 Å². The second-order valence-corrected chi connectivity index (χ2v) is 3.30. The Labute approximate surface area is 85.6 Å². The molecule has 0 atom stereocenters. The van der Waals surface area contributed by atoms with Crippen molar-refractivity contribution >= 4 is 17.8 Å². The van der Waals surface area contributed by atoms with E-state index in [1.54, 1.807) is 6.08 Å². The van der Waals surface area contributed by atoms with E-state index in [2.05, 4.69) is 5.32 Å². The van der Waals surface area contributed by atoms with Crippen molar-refractivity contribution in [1.82, 2.24) is 5.32 Å². The number of carbonyl (C=O) groups is 2. The van der Waals surface area contributed by atoms with Gasteiger partial charge in [0.05, 0.1) is 5.70 Å². The molecule has 0 radical (unpaired) electrons. The van der Waals surface area contributed by atoms with Gasteiger partial charge in [-0.2, -0.15) is 0 Å². The molecule has 0 bridgehead atoms. The van der Waals surface area contributed by atoms with Crippen LogP contribution in [0.2, 0.25) is 0 Å². The Kier molecular flexibility index (Phi) is 2.11. The summed E-state index contributed by atoms with van der Waals surface area (Å²) < 4.78 is 12.9. The minimum atomic E-state index is -0.459. The Bertz CT molecular complexity index is 491. The third-order valence-electron chi connectivity index (χ3n) is 2.12. The first kappa shape index (κ1) is 9.58. The number of allylic oxidation sites excluding steroid dienone is 1. The molecule has 0 saturated carbocycles. The summed E-state index contributed by atoms with van der Waals surface area (Å²) in [6.07, 6.45) is 1.54. The Balaban J connectivity index is 2.39. The second kappa shape index (κ2) is 3.31. The Hall–Kier alpha value is -1.97. The molecule has 1 N–H and O–H groups in total. The van der Waals surface area contributed by atoms with E-state index in [0.29, 0.717) is 11.1 Å². The van der Waals surface area contributed by atoms with Gasteiger partial charge in [-0.25, -0.2) is 4.39 Å². The summed E-state index contributed by atoms with van der Waals surface area (Å²) in [6, 6.07) is 3.96. The van der Waals surface area contributed by atoms with E-state index >= 15 is 0 Å². The monoisotopic (exact) mass is 205 g/mol. The second-order valence-electron chi connectivity index (χ2n) is 3.30. The van der Waals surface area contributed by atoms with Crippen LogP contribution in [0.5, 0.6) is 0 Å². The molecule has 1 aromatic rings. The Morgan fingerprint density at radius 2 is 2.13 bits per heavy atom. The summed E-state index contributed by atoms with van der Waals surface area (Å²) in [6.45, 7) is 1.32. The summed E-state index contributed by atoms with van der Waals surface area (Å²) >= 11 is 0. The van der Waals surface area contributed by atoms with Crippen LogP contribution in [0.3, 0.4) is 0 Å². The number of nitrogens with one attached hydrogen (secondary N) is 1. The van der Waals surface area contributed by atoms with Crippen molar-refractivity contribution in [3.05, 3.63) is 40.8 Å². The van der Waals surface area contributed by atoms with E-state index in [4.69, 9.17) is 0 Å². The van der Waals surface area contributed by atoms with E-state index < -0.39 is 5.82 Å². The molecule has 1 aliphatic carbocycles. The van der Waals surface area contributed by atoms with Crippen LogP contribution in [0.25, 0.3) is 6.08 Å². The molecule has 0 fully saturated rings. The van der Waals surface area contributed by atoms with Gasteiger partial charge in [0, 0.05) is 12.5 Å². The van der Waals surface area contributed by atoms with Gasteiger partial charge < -0.3 is 5.32 Å². The van der Waals surface area contributed by atoms with Gasteiger partial charge in [-0.3, -0.25) is 9.59 Å². The first-order valence-electron chi connectivity index (χ1n) is 4.41. The summed E-state index contributed by atoms with van der Waals surface area (Å²) in [7, 11) is 0. The quantitative estimate of drug-likeness (QED) is 0.755. The molecule has 0 heterocycles. The number of halogens is 1. The molecule has 4 heteroatoms. The first-order valence-corrected chi connectivity index (χ1v) is 4.41. The van der Waals surface area contributed by atoms with Crippen molar-refractivity contribution < 1.29 is 14.0 Å². The zero-order valence-corrected chi connectivity index (χ0v) is 8.00. The fourth-order valence-corrected chi connectivity index (χ4v) is 1.50. The molecule has 1 amide bonds. The summed E-state index contributed by atoms with van der Waals surface area (Å²) in [4.78, 5) is 22.4. The van der Waals surface area contributed by atoms with E-state index in [0.717, 1.165) is 0 Å². The molecule has 3 nitrogen and oxygen atoms in total. The molecule has 2 rings (SSSR count). The highest BCUT2D eigenvalue weighted by molar-refractivity contribution is 6.18. The lowest BCUT2D eigenvalue weighted by Crippen LogP contribution is -2.22. The van der Waals surface area contributed by atoms with Gasteiger partial charge in [0.25, 0.3) is 0 Å². The number of rotatable bonds is 1. The highest BCUT2D eigenvalue weighted by Gasteiger charge is 2.23. The highest BCUT2D eigenvalue weighted by atomic mass is 19.1. The van der Waals surface area contributed by atoms with Gasteiger partial charge in [-0.15, -0.1) is 0 Å². The number of Topliss-reactive ketones (excluding diaryl/α,β-unsaturated/α-hetero) is 1. The predicted octanol–water partition coefficient (Wildman–Crippen LogP) is 1.50. The maximum absolute atomic E-state index is 12.9. The normalized spacial score (nSPS) is 13.5. The van der Waals surface area contributed by atoms with Crippen molar-refractivity contribution in [3.8, 4) is 0 Å². The van der Waals surface area contributed by atoms with E-state index in [-0.39, 0.29) is 17.4 Å². The lowest BCUT2D eigenvalue weighted by Gasteiger charge is -2.00. The third-order valence-corrected chi connectivity index (χ3v) is 2.12. The highest BCUT2D eigenvalue weighted by Crippen LogP contribution is 2.24. The minimum Gasteiger partial charge on any atom is -0.323 e. The van der Waals surface area contributed by atoms with Gasteiger partial charge in [0.15, 0.2) is 0 Å². The van der Waals surface area contributed by atoms with Crippen LogP contribution in [-0.2, 0) is 4.79 Å². The average Bonchev–Trinajstić information content (AvgIpc) is 2.44. The van der Waals surface area contributed by atoms with E-state index in [9.17, 15) is 14.0 Å². The number of hydrogen-bond donors (Lipinski definition) is 1. The van der Waals surface area contributed by atoms with Crippen LogP contribution in [0.4, 0.5) is 4.39 Å². The topological polar surface area (TPSA) is 46.2 Å². The molecule has 0 spiro atoms. The molecule has 15 heavy (non-hydrogen) atoms. The maximum atomic E-state index is 12.9. The maximum Gasteiger partial charge on any atom is 0.221 e. The third kappa shape index (κ3) is 1.66. The minimum absolute atomic E-state index is 0.197. The Morgan fingerprint density at radius 3 is 2.80 bits per heavy atom. The molecule has 1 aromatic carbocycles. The standard InChI is InChI=1S/C11H8FNO2/c1-6(14)13-10-4-7-2-3-8(12)5-9(7)11(10)15/h2-5H,1H3,(H,13,14,15). The van der Waals surface area contributed by atoms with Crippen LogP contribution in [0, 0.1) is 5.82 Å². The van der Waals surface area contributed by atoms with E-state index in [1.807, 2.05) is 0 Å². The van der Waals surface area contributed by atoms with Crippen molar-refractivity contribution in [2.45, 2.75) is 6.92 Å². The number of ketones is 1. The molecule has 76 valence electrons. The average molecular weight is 205 g/mol. The largest absolute Gasteiger partial charge is 0.323 e. The zero-order chi connectivity index (χ0) is 11.0. The number of hydrogen-bond acceptors (Lipinski definition) is 2. The summed E-state index contributed by atoms with van der Waals surface area (Å²) in [5.41, 5.74) is 1.12. The molecular weight excluding hydrogens is 197 g/mol. The summed E-state index contributed by atoms with van der Waals surface area (Å²) in [5, 5.41) is 2.41. The molecule has 0 aromatic heterocycles. The predicted molar refractivity (Wildman–Crippen MR) is 52.5 cm³/mol. The van der Waals surface area contributed by atoms with Gasteiger partial charge >= 0.3 is 0 Å². The van der Waals surface area contributed by atoms with Gasteiger partial charge in [0.2, 0.25) is 11.7 Å². The molecule has 0 unspecified atom stereocenters. The zero-order valence-electron chi connectivity index (χ0n) is 8.00. The van der Waals surface area contributed by atoms with Crippen LogP contribution in [0.15, 0.2) is 23.9 Å². The number of benzene rings is 1. The van der Waals surface area contributed by atoms with Crippen molar-refractivity contribution in [2.75, 3.05) is 0 Å². The van der Waals surface area contributed by atoms with E-state index in [1.165, 1.54) is 25.1 Å². The number of carbonyl (C=O) groups excluding carboxylic acids is 2. The molecule has 1 aliphatic rings. The molecular formula is C11H8FNO2. The fourth-order valence-electron chi connectivity index (χ4n) is 1.50. The van der Waals surface area contributed by atoms with Crippen molar-refractivity contribution in [3.63, 3.8) is 0 Å². The number of fused-ring (bicyclic) bond motifs is 1.